The van der Waals surface area contributed by atoms with Gasteiger partial charge < -0.3 is 0 Å². The highest BCUT2D eigenvalue weighted by atomic mass is 16.2. The van der Waals surface area contributed by atoms with Crippen molar-refractivity contribution in [3.63, 3.8) is 0 Å². The third kappa shape index (κ3) is 4.24. The second-order valence-electron chi connectivity index (χ2n) is 3.83. The molecule has 1 fully saturated rings. The fourth-order valence-corrected chi connectivity index (χ4v) is 1.70. The summed E-state index contributed by atoms with van der Waals surface area (Å²) in [7, 11) is 0. The summed E-state index contributed by atoms with van der Waals surface area (Å²) in [6, 6.07) is 0. The number of carbonyl (C=O) groups is 3. The molecule has 0 aromatic heterocycles. The van der Waals surface area contributed by atoms with Gasteiger partial charge in [0.2, 0.25) is 17.7 Å². The number of unbranched alkanes of at least 4 members (excludes halogenated alkanes) is 2. The first-order valence-corrected chi connectivity index (χ1v) is 5.56. The van der Waals surface area contributed by atoms with Crippen molar-refractivity contribution in [2.45, 2.75) is 38.5 Å². The zero-order valence-corrected chi connectivity index (χ0v) is 9.46. The summed E-state index contributed by atoms with van der Waals surface area (Å²) in [4.78, 5) is 37.0. The van der Waals surface area contributed by atoms with Crippen molar-refractivity contribution >= 4 is 17.7 Å². The topological polar surface area (TPSA) is 103 Å². The highest BCUT2D eigenvalue weighted by Gasteiger charge is 2.27. The molecule has 0 saturated carbocycles. The Morgan fingerprint density at radius 2 is 1.88 bits per heavy atom. The van der Waals surface area contributed by atoms with Gasteiger partial charge in [-0.3, -0.25) is 19.3 Å². The molecule has 7 heteroatoms. The van der Waals surface area contributed by atoms with E-state index in [-0.39, 0.29) is 18.2 Å². The van der Waals surface area contributed by atoms with Gasteiger partial charge in [-0.15, -0.1) is 0 Å². The number of hydrogen-bond donors (Lipinski definition) is 0. The molecule has 0 unspecified atom stereocenters. The maximum absolute atomic E-state index is 11.2. The van der Waals surface area contributed by atoms with Crippen LogP contribution in [0.3, 0.4) is 0 Å². The fourth-order valence-electron chi connectivity index (χ4n) is 1.70. The fraction of sp³-hybridized carbons (Fsp3) is 0.700. The normalized spacial score (nSPS) is 14.9. The Morgan fingerprint density at radius 3 is 2.47 bits per heavy atom. The van der Waals surface area contributed by atoms with Crippen LogP contribution in [-0.4, -0.2) is 29.2 Å². The molecular formula is C10H14N4O3. The first kappa shape index (κ1) is 13.2. The van der Waals surface area contributed by atoms with E-state index in [1.807, 2.05) is 0 Å². The third-order valence-corrected chi connectivity index (χ3v) is 2.58. The molecule has 1 aliphatic heterocycles. The first-order chi connectivity index (χ1) is 8.15. The number of imide groups is 1. The van der Waals surface area contributed by atoms with Crippen LogP contribution in [0.2, 0.25) is 0 Å². The zero-order chi connectivity index (χ0) is 12.7. The second-order valence-corrected chi connectivity index (χ2v) is 3.83. The first-order valence-electron chi connectivity index (χ1n) is 5.56. The molecule has 0 spiro atoms. The molecule has 0 N–H and O–H groups in total. The highest BCUT2D eigenvalue weighted by Crippen LogP contribution is 2.13. The van der Waals surface area contributed by atoms with Crippen LogP contribution >= 0.6 is 0 Å². The lowest BCUT2D eigenvalue weighted by Gasteiger charge is -2.12. The lowest BCUT2D eigenvalue weighted by molar-refractivity contribution is -0.138. The summed E-state index contributed by atoms with van der Waals surface area (Å²) in [5, 5.41) is 2.95. The lowest BCUT2D eigenvalue weighted by atomic mass is 10.2. The number of rotatable bonds is 6. The minimum absolute atomic E-state index is 0.111. The molecule has 0 atom stereocenters. The Labute approximate surface area is 98.4 Å². The highest BCUT2D eigenvalue weighted by molar-refractivity contribution is 6.01. The van der Waals surface area contributed by atoms with E-state index < -0.39 is 5.91 Å². The van der Waals surface area contributed by atoms with Gasteiger partial charge in [0, 0.05) is 30.7 Å². The van der Waals surface area contributed by atoms with E-state index >= 15 is 0 Å². The van der Waals surface area contributed by atoms with Crippen molar-refractivity contribution in [1.82, 2.24) is 4.90 Å². The van der Waals surface area contributed by atoms with E-state index in [9.17, 15) is 14.4 Å². The van der Waals surface area contributed by atoms with Gasteiger partial charge >= 0.3 is 0 Å². The van der Waals surface area contributed by atoms with Gasteiger partial charge in [-0.05, 0) is 23.5 Å². The summed E-state index contributed by atoms with van der Waals surface area (Å²) in [5.41, 5.74) is 8.00. The number of azide groups is 1. The third-order valence-electron chi connectivity index (χ3n) is 2.58. The van der Waals surface area contributed by atoms with Crippen LogP contribution in [0, 0.1) is 0 Å². The average Bonchev–Trinajstić information content (AvgIpc) is 2.60. The van der Waals surface area contributed by atoms with Crippen LogP contribution in [0.25, 0.3) is 10.4 Å². The van der Waals surface area contributed by atoms with Gasteiger partial charge in [-0.2, -0.15) is 0 Å². The minimum atomic E-state index is -0.471. The number of nitrogens with zero attached hydrogens (tertiary/aromatic N) is 4. The second kappa shape index (κ2) is 6.65. The van der Waals surface area contributed by atoms with Crippen molar-refractivity contribution in [3.05, 3.63) is 10.4 Å². The molecule has 1 heterocycles. The molecular weight excluding hydrogens is 224 g/mol. The predicted molar refractivity (Wildman–Crippen MR) is 58.6 cm³/mol. The Morgan fingerprint density at radius 1 is 1.24 bits per heavy atom. The van der Waals surface area contributed by atoms with Crippen LogP contribution in [0.1, 0.15) is 38.5 Å². The van der Waals surface area contributed by atoms with Crippen LogP contribution in [0.15, 0.2) is 5.11 Å². The Bertz CT molecular complexity index is 358. The van der Waals surface area contributed by atoms with Gasteiger partial charge in [0.15, 0.2) is 0 Å². The molecule has 7 nitrogen and oxygen atoms in total. The van der Waals surface area contributed by atoms with E-state index in [2.05, 4.69) is 10.0 Å². The van der Waals surface area contributed by atoms with E-state index in [4.69, 9.17) is 5.53 Å². The molecule has 0 bridgehead atoms. The Balaban J connectivity index is 2.12. The molecule has 17 heavy (non-hydrogen) atoms. The van der Waals surface area contributed by atoms with Crippen LogP contribution in [0.5, 0.6) is 0 Å². The molecule has 1 aliphatic rings. The molecule has 0 aromatic rings. The standard InChI is InChI=1S/C10H14N4O3/c11-13-12-8(15)4-2-1-3-7-14-9(16)5-6-10(14)17/h1-7H2. The van der Waals surface area contributed by atoms with E-state index in [0.29, 0.717) is 32.2 Å². The summed E-state index contributed by atoms with van der Waals surface area (Å²) < 4.78 is 0. The van der Waals surface area contributed by atoms with E-state index in [1.54, 1.807) is 0 Å². The Hall–Kier alpha value is -1.88. The molecule has 0 aliphatic carbocycles. The largest absolute Gasteiger partial charge is 0.293 e. The predicted octanol–water partition coefficient (Wildman–Crippen LogP) is 1.53. The van der Waals surface area contributed by atoms with E-state index in [1.165, 1.54) is 4.90 Å². The zero-order valence-electron chi connectivity index (χ0n) is 9.46. The van der Waals surface area contributed by atoms with Crippen LogP contribution in [-0.2, 0) is 14.4 Å². The molecule has 0 aromatic carbocycles. The molecule has 1 saturated heterocycles. The summed E-state index contributed by atoms with van der Waals surface area (Å²) in [5.74, 6) is -0.693. The number of hydrogen-bond acceptors (Lipinski definition) is 3. The summed E-state index contributed by atoms with van der Waals surface area (Å²) >= 11 is 0. The maximum atomic E-state index is 11.2. The quantitative estimate of drug-likeness (QED) is 0.230. The van der Waals surface area contributed by atoms with Gasteiger partial charge in [0.05, 0.1) is 0 Å². The SMILES string of the molecule is [N-]=[N+]=NC(=O)CCCCCN1C(=O)CCC1=O. The lowest BCUT2D eigenvalue weighted by Crippen LogP contribution is -2.29. The van der Waals surface area contributed by atoms with E-state index in [0.717, 1.165) is 6.42 Å². The van der Waals surface area contributed by atoms with Crippen molar-refractivity contribution in [1.29, 1.82) is 0 Å². The minimum Gasteiger partial charge on any atom is -0.293 e. The van der Waals surface area contributed by atoms with Gasteiger partial charge in [-0.1, -0.05) is 6.42 Å². The molecule has 0 radical (unpaired) electrons. The van der Waals surface area contributed by atoms with Gasteiger partial charge in [0.25, 0.3) is 0 Å². The van der Waals surface area contributed by atoms with Crippen molar-refractivity contribution in [3.8, 4) is 0 Å². The molecule has 1 rings (SSSR count). The van der Waals surface area contributed by atoms with Crippen LogP contribution in [0.4, 0.5) is 0 Å². The monoisotopic (exact) mass is 238 g/mol. The van der Waals surface area contributed by atoms with Crippen molar-refractivity contribution in [2.75, 3.05) is 6.54 Å². The van der Waals surface area contributed by atoms with Crippen molar-refractivity contribution < 1.29 is 14.4 Å². The van der Waals surface area contributed by atoms with Gasteiger partial charge in [0.1, 0.15) is 0 Å². The van der Waals surface area contributed by atoms with Gasteiger partial charge in [-0.25, -0.2) is 0 Å². The Kier molecular flexibility index (Phi) is 5.16. The molecule has 3 amide bonds. The van der Waals surface area contributed by atoms with Crippen LogP contribution < -0.4 is 0 Å². The number of carbonyl (C=O) groups excluding carboxylic acids is 3. The van der Waals surface area contributed by atoms with Crippen molar-refractivity contribution in [2.24, 2.45) is 5.11 Å². The maximum Gasteiger partial charge on any atom is 0.229 e. The summed E-state index contributed by atoms with van der Waals surface area (Å²) in [6.45, 7) is 0.424. The summed E-state index contributed by atoms with van der Waals surface area (Å²) in [6.07, 6.45) is 2.85. The average molecular weight is 238 g/mol. The molecule has 92 valence electrons. The smallest absolute Gasteiger partial charge is 0.229 e. The number of amides is 3. The number of likely N-dealkylation sites (tertiary alicyclic amines) is 1.